The number of aryl methyl sites for hydroxylation is 1. The van der Waals surface area contributed by atoms with Crippen molar-refractivity contribution in [3.8, 4) is 0 Å². The van der Waals surface area contributed by atoms with Gasteiger partial charge in [-0.05, 0) is 24.6 Å². The van der Waals surface area contributed by atoms with Gasteiger partial charge in [0.1, 0.15) is 6.04 Å². The van der Waals surface area contributed by atoms with Crippen LogP contribution in [-0.2, 0) is 0 Å². The largest absolute Gasteiger partial charge is 0.327 e. The second-order valence-corrected chi connectivity index (χ2v) is 5.00. The lowest BCUT2D eigenvalue weighted by molar-refractivity contribution is 0.0126. The zero-order chi connectivity index (χ0) is 14.0. The van der Waals surface area contributed by atoms with E-state index in [1.807, 2.05) is 0 Å². The minimum Gasteiger partial charge on any atom is -0.327 e. The molecule has 0 saturated carbocycles. The Morgan fingerprint density at radius 3 is 2.95 bits per heavy atom. The van der Waals surface area contributed by atoms with Gasteiger partial charge in [0.2, 0.25) is 0 Å². The molecule has 1 aliphatic rings. The van der Waals surface area contributed by atoms with Gasteiger partial charge in [0.25, 0.3) is 12.3 Å². The molecule has 1 amide bonds. The summed E-state index contributed by atoms with van der Waals surface area (Å²) in [5.74, 6) is -0.383. The molecule has 1 N–H and O–H groups in total. The molecule has 2 rings (SSSR count). The van der Waals surface area contributed by atoms with E-state index in [0.29, 0.717) is 17.1 Å². The fraction of sp³-hybridized carbons (Fsp3) is 0.462. The Morgan fingerprint density at radius 1 is 1.53 bits per heavy atom. The van der Waals surface area contributed by atoms with E-state index in [-0.39, 0.29) is 19.0 Å². The topological polar surface area (TPSA) is 32.3 Å². The van der Waals surface area contributed by atoms with Crippen molar-refractivity contribution in [2.24, 2.45) is 0 Å². The SMILES string of the molecule is Cc1ccc(Cl)cc1C(=O)N1CCNCC1C(F)F. The van der Waals surface area contributed by atoms with E-state index >= 15 is 0 Å². The average molecular weight is 289 g/mol. The lowest BCUT2D eigenvalue weighted by atomic mass is 10.1. The monoisotopic (exact) mass is 288 g/mol. The van der Waals surface area contributed by atoms with Crippen molar-refractivity contribution >= 4 is 17.5 Å². The second kappa shape index (κ2) is 5.84. The minimum absolute atomic E-state index is 0.114. The molecule has 3 nitrogen and oxygen atoms in total. The maximum Gasteiger partial charge on any atom is 0.259 e. The molecular formula is C13H15ClF2N2O. The Morgan fingerprint density at radius 2 is 2.26 bits per heavy atom. The van der Waals surface area contributed by atoms with E-state index in [0.717, 1.165) is 5.56 Å². The Bertz CT molecular complexity index is 482. The van der Waals surface area contributed by atoms with E-state index in [2.05, 4.69) is 5.32 Å². The van der Waals surface area contributed by atoms with Gasteiger partial charge in [0.05, 0.1) is 0 Å². The van der Waals surface area contributed by atoms with Crippen LogP contribution < -0.4 is 5.32 Å². The number of benzene rings is 1. The molecule has 6 heteroatoms. The highest BCUT2D eigenvalue weighted by atomic mass is 35.5. The first-order valence-corrected chi connectivity index (χ1v) is 6.44. The summed E-state index contributed by atoms with van der Waals surface area (Å²) in [5, 5.41) is 3.31. The van der Waals surface area contributed by atoms with E-state index < -0.39 is 12.5 Å². The van der Waals surface area contributed by atoms with E-state index in [4.69, 9.17) is 11.6 Å². The van der Waals surface area contributed by atoms with Gasteiger partial charge >= 0.3 is 0 Å². The number of hydrogen-bond acceptors (Lipinski definition) is 2. The maximum absolute atomic E-state index is 13.0. The molecule has 1 aliphatic heterocycles. The maximum atomic E-state index is 13.0. The number of amides is 1. The highest BCUT2D eigenvalue weighted by Crippen LogP contribution is 2.21. The van der Waals surface area contributed by atoms with Crippen LogP contribution in [0.2, 0.25) is 5.02 Å². The molecule has 104 valence electrons. The Labute approximate surface area is 115 Å². The molecule has 1 heterocycles. The third-order valence-corrected chi connectivity index (χ3v) is 3.50. The first-order valence-electron chi connectivity index (χ1n) is 6.06. The predicted molar refractivity (Wildman–Crippen MR) is 69.9 cm³/mol. The summed E-state index contributed by atoms with van der Waals surface area (Å²) in [5.41, 5.74) is 1.13. The van der Waals surface area contributed by atoms with Gasteiger partial charge in [-0.15, -0.1) is 0 Å². The van der Waals surface area contributed by atoms with Crippen molar-refractivity contribution in [1.82, 2.24) is 10.2 Å². The van der Waals surface area contributed by atoms with Crippen molar-refractivity contribution in [1.29, 1.82) is 0 Å². The molecule has 19 heavy (non-hydrogen) atoms. The number of alkyl halides is 2. The van der Waals surface area contributed by atoms with Crippen LogP contribution in [0, 0.1) is 6.92 Å². The highest BCUT2D eigenvalue weighted by Gasteiger charge is 2.34. The summed E-state index contributed by atoms with van der Waals surface area (Å²) in [6, 6.07) is 3.84. The number of rotatable bonds is 2. The zero-order valence-corrected chi connectivity index (χ0v) is 11.3. The lowest BCUT2D eigenvalue weighted by Crippen LogP contribution is -2.56. The number of hydrogen-bond donors (Lipinski definition) is 1. The summed E-state index contributed by atoms with van der Waals surface area (Å²) in [4.78, 5) is 13.6. The van der Waals surface area contributed by atoms with Crippen LogP contribution in [0.25, 0.3) is 0 Å². The van der Waals surface area contributed by atoms with Gasteiger partial charge in [-0.1, -0.05) is 17.7 Å². The van der Waals surface area contributed by atoms with Gasteiger partial charge in [0.15, 0.2) is 0 Å². The van der Waals surface area contributed by atoms with Crippen LogP contribution in [-0.4, -0.2) is 42.9 Å². The standard InChI is InChI=1S/C13H15ClF2N2O/c1-8-2-3-9(14)6-10(8)13(19)18-5-4-17-7-11(18)12(15)16/h2-3,6,11-12,17H,4-5,7H2,1H3. The molecule has 1 saturated heterocycles. The summed E-state index contributed by atoms with van der Waals surface area (Å²) in [6.07, 6.45) is -2.56. The molecule has 1 aromatic carbocycles. The van der Waals surface area contributed by atoms with Crippen molar-refractivity contribution in [2.75, 3.05) is 19.6 Å². The molecule has 0 aliphatic carbocycles. The minimum atomic E-state index is -2.56. The molecule has 1 fully saturated rings. The molecule has 0 radical (unpaired) electrons. The molecular weight excluding hydrogens is 274 g/mol. The van der Waals surface area contributed by atoms with Crippen LogP contribution in [0.3, 0.4) is 0 Å². The number of piperazine rings is 1. The van der Waals surface area contributed by atoms with Crippen molar-refractivity contribution in [2.45, 2.75) is 19.4 Å². The smallest absolute Gasteiger partial charge is 0.259 e. The van der Waals surface area contributed by atoms with Crippen molar-refractivity contribution in [3.63, 3.8) is 0 Å². The normalized spacial score (nSPS) is 19.8. The molecule has 1 unspecified atom stereocenters. The van der Waals surface area contributed by atoms with Gasteiger partial charge in [-0.3, -0.25) is 4.79 Å². The zero-order valence-electron chi connectivity index (χ0n) is 10.5. The highest BCUT2D eigenvalue weighted by molar-refractivity contribution is 6.31. The second-order valence-electron chi connectivity index (χ2n) is 4.56. The number of nitrogens with one attached hydrogen (secondary N) is 1. The number of carbonyl (C=O) groups excluding carboxylic acids is 1. The van der Waals surface area contributed by atoms with E-state index in [1.54, 1.807) is 19.1 Å². The van der Waals surface area contributed by atoms with Crippen LogP contribution in [0.5, 0.6) is 0 Å². The summed E-state index contributed by atoms with van der Waals surface area (Å²) in [7, 11) is 0. The molecule has 0 spiro atoms. The lowest BCUT2D eigenvalue weighted by Gasteiger charge is -2.36. The average Bonchev–Trinajstić information content (AvgIpc) is 2.40. The van der Waals surface area contributed by atoms with Gasteiger partial charge in [-0.25, -0.2) is 8.78 Å². The van der Waals surface area contributed by atoms with Crippen molar-refractivity contribution < 1.29 is 13.6 Å². The van der Waals surface area contributed by atoms with Gasteiger partial charge < -0.3 is 10.2 Å². The first-order chi connectivity index (χ1) is 9.00. The molecule has 0 aromatic heterocycles. The fourth-order valence-electron chi connectivity index (χ4n) is 2.18. The molecule has 1 aromatic rings. The van der Waals surface area contributed by atoms with E-state index in [1.165, 1.54) is 11.0 Å². The number of nitrogens with zero attached hydrogens (tertiary/aromatic N) is 1. The van der Waals surface area contributed by atoms with Crippen LogP contribution >= 0.6 is 11.6 Å². The third-order valence-electron chi connectivity index (χ3n) is 3.27. The van der Waals surface area contributed by atoms with Gasteiger partial charge in [-0.2, -0.15) is 0 Å². The Kier molecular flexibility index (Phi) is 4.37. The van der Waals surface area contributed by atoms with Crippen molar-refractivity contribution in [3.05, 3.63) is 34.3 Å². The first kappa shape index (κ1) is 14.2. The summed E-state index contributed by atoms with van der Waals surface area (Å²) >= 11 is 5.87. The quantitative estimate of drug-likeness (QED) is 0.906. The number of carbonyl (C=O) groups is 1. The number of halogens is 3. The third kappa shape index (κ3) is 3.04. The predicted octanol–water partition coefficient (Wildman–Crippen LogP) is 2.33. The molecule has 1 atom stereocenters. The molecule has 0 bridgehead atoms. The van der Waals surface area contributed by atoms with Crippen LogP contribution in [0.1, 0.15) is 15.9 Å². The summed E-state index contributed by atoms with van der Waals surface area (Å²) in [6.45, 7) is 2.68. The van der Waals surface area contributed by atoms with E-state index in [9.17, 15) is 13.6 Å². The Balaban J connectivity index is 2.28. The summed E-state index contributed by atoms with van der Waals surface area (Å²) < 4.78 is 25.9. The van der Waals surface area contributed by atoms with Crippen LogP contribution in [0.4, 0.5) is 8.78 Å². The Hall–Kier alpha value is -1.20. The fourth-order valence-corrected chi connectivity index (χ4v) is 2.35. The van der Waals surface area contributed by atoms with Gasteiger partial charge in [0, 0.05) is 30.2 Å². The van der Waals surface area contributed by atoms with Crippen LogP contribution in [0.15, 0.2) is 18.2 Å².